The van der Waals surface area contributed by atoms with Crippen molar-refractivity contribution in [1.82, 2.24) is 0 Å². The molecule has 0 fully saturated rings. The molecule has 0 aliphatic carbocycles. The van der Waals surface area contributed by atoms with Crippen LogP contribution in [0.1, 0.15) is 27.6 Å². The average Bonchev–Trinajstić information content (AvgIpc) is 2.96. The Kier molecular flexibility index (Phi) is 4.70. The number of hydrogen-bond donors (Lipinski definition) is 0. The molecular formula is C19H20O6. The van der Waals surface area contributed by atoms with Crippen molar-refractivity contribution in [2.75, 3.05) is 28.4 Å². The highest BCUT2D eigenvalue weighted by atomic mass is 16.6. The smallest absolute Gasteiger partial charge is 0.342 e. The van der Waals surface area contributed by atoms with Crippen molar-refractivity contribution in [3.8, 4) is 23.0 Å². The Morgan fingerprint density at radius 2 is 1.60 bits per heavy atom. The minimum Gasteiger partial charge on any atom is -0.497 e. The summed E-state index contributed by atoms with van der Waals surface area (Å²) in [6.07, 6.45) is 0.0969. The van der Waals surface area contributed by atoms with Crippen LogP contribution in [0.4, 0.5) is 0 Å². The minimum atomic E-state index is -0.412. The molecule has 132 valence electrons. The number of ether oxygens (including phenoxy) is 5. The van der Waals surface area contributed by atoms with E-state index >= 15 is 0 Å². The van der Waals surface area contributed by atoms with E-state index in [0.717, 1.165) is 11.1 Å². The van der Waals surface area contributed by atoms with Gasteiger partial charge in [-0.2, -0.15) is 0 Å². The zero-order valence-corrected chi connectivity index (χ0v) is 14.6. The summed E-state index contributed by atoms with van der Waals surface area (Å²) in [5.41, 5.74) is 2.18. The molecule has 3 rings (SSSR count). The van der Waals surface area contributed by atoms with Gasteiger partial charge in [-0.05, 0) is 23.8 Å². The zero-order chi connectivity index (χ0) is 18.0. The Bertz CT molecular complexity index is 799. The van der Waals surface area contributed by atoms with Crippen LogP contribution < -0.4 is 18.9 Å². The van der Waals surface area contributed by atoms with E-state index in [4.69, 9.17) is 23.7 Å². The maximum absolute atomic E-state index is 12.3. The summed E-state index contributed by atoms with van der Waals surface area (Å²) in [6.45, 7) is 0. The van der Waals surface area contributed by atoms with Crippen molar-refractivity contribution in [3.05, 3.63) is 47.0 Å². The third kappa shape index (κ3) is 3.07. The van der Waals surface area contributed by atoms with Crippen molar-refractivity contribution >= 4 is 5.97 Å². The molecule has 25 heavy (non-hydrogen) atoms. The molecule has 1 aliphatic rings. The Hall–Kier alpha value is -2.89. The standard InChI is InChI=1S/C19H20O6/c1-21-12-9-13-15(25-19(20)18(13)17(10-12)24-4)7-11-5-6-14(22-2)16(8-11)23-3/h5-6,8-10,15H,7H2,1-4H3. The topological polar surface area (TPSA) is 63.2 Å². The highest BCUT2D eigenvalue weighted by Gasteiger charge is 2.35. The van der Waals surface area contributed by atoms with Crippen LogP contribution in [0.3, 0.4) is 0 Å². The molecule has 2 aromatic rings. The van der Waals surface area contributed by atoms with Crippen molar-refractivity contribution < 1.29 is 28.5 Å². The van der Waals surface area contributed by atoms with E-state index in [1.54, 1.807) is 27.4 Å². The van der Waals surface area contributed by atoms with Gasteiger partial charge in [-0.15, -0.1) is 0 Å². The first-order valence-corrected chi connectivity index (χ1v) is 7.79. The molecule has 0 aromatic heterocycles. The van der Waals surface area contributed by atoms with Crippen LogP contribution in [0.25, 0.3) is 0 Å². The van der Waals surface area contributed by atoms with E-state index in [1.807, 2.05) is 24.3 Å². The summed E-state index contributed by atoms with van der Waals surface area (Å²) < 4.78 is 26.8. The van der Waals surface area contributed by atoms with E-state index in [0.29, 0.717) is 35.0 Å². The first-order chi connectivity index (χ1) is 12.1. The van der Waals surface area contributed by atoms with Crippen LogP contribution in [-0.2, 0) is 11.2 Å². The molecule has 0 radical (unpaired) electrons. The molecule has 0 bridgehead atoms. The normalized spacial score (nSPS) is 15.4. The summed E-state index contributed by atoms with van der Waals surface area (Å²) in [5, 5.41) is 0. The van der Waals surface area contributed by atoms with Gasteiger partial charge in [0.05, 0.1) is 28.4 Å². The molecule has 1 heterocycles. The van der Waals surface area contributed by atoms with Crippen LogP contribution in [0.2, 0.25) is 0 Å². The summed E-state index contributed by atoms with van der Waals surface area (Å²) in [5.74, 6) is 1.96. The Labute approximate surface area is 146 Å². The lowest BCUT2D eigenvalue weighted by molar-refractivity contribution is 0.0385. The molecule has 2 aromatic carbocycles. The number of rotatable bonds is 6. The monoisotopic (exact) mass is 344 g/mol. The van der Waals surface area contributed by atoms with Gasteiger partial charge in [-0.1, -0.05) is 6.07 Å². The fourth-order valence-corrected chi connectivity index (χ4v) is 2.99. The molecule has 0 saturated carbocycles. The van der Waals surface area contributed by atoms with Crippen molar-refractivity contribution in [2.45, 2.75) is 12.5 Å². The van der Waals surface area contributed by atoms with E-state index in [-0.39, 0.29) is 5.97 Å². The quantitative estimate of drug-likeness (QED) is 0.750. The molecule has 6 nitrogen and oxygen atoms in total. The SMILES string of the molecule is COc1cc(OC)c2c(c1)C(Cc1ccc(OC)c(OC)c1)OC2=O. The predicted octanol–water partition coefficient (Wildman–Crippen LogP) is 3.18. The average molecular weight is 344 g/mol. The van der Waals surface area contributed by atoms with Gasteiger partial charge in [0.15, 0.2) is 11.5 Å². The second-order valence-electron chi connectivity index (χ2n) is 5.58. The maximum Gasteiger partial charge on any atom is 0.342 e. The van der Waals surface area contributed by atoms with Crippen molar-refractivity contribution in [2.24, 2.45) is 0 Å². The van der Waals surface area contributed by atoms with Gasteiger partial charge in [0, 0.05) is 18.1 Å². The van der Waals surface area contributed by atoms with E-state index in [2.05, 4.69) is 0 Å². The number of esters is 1. The Morgan fingerprint density at radius 3 is 2.24 bits per heavy atom. The number of benzene rings is 2. The summed E-state index contributed by atoms with van der Waals surface area (Å²) in [6, 6.07) is 9.12. The number of carbonyl (C=O) groups excluding carboxylic acids is 1. The lowest BCUT2D eigenvalue weighted by Crippen LogP contribution is -2.03. The Balaban J connectivity index is 1.95. The van der Waals surface area contributed by atoms with Crippen LogP contribution >= 0.6 is 0 Å². The van der Waals surface area contributed by atoms with Crippen LogP contribution in [0.15, 0.2) is 30.3 Å². The number of cyclic esters (lactones) is 1. The predicted molar refractivity (Wildman–Crippen MR) is 91.0 cm³/mol. The second-order valence-corrected chi connectivity index (χ2v) is 5.58. The van der Waals surface area contributed by atoms with Crippen molar-refractivity contribution in [3.63, 3.8) is 0 Å². The molecule has 0 spiro atoms. The molecule has 0 N–H and O–H groups in total. The highest BCUT2D eigenvalue weighted by Crippen LogP contribution is 2.41. The van der Waals surface area contributed by atoms with Gasteiger partial charge in [0.2, 0.25) is 0 Å². The van der Waals surface area contributed by atoms with E-state index in [9.17, 15) is 4.79 Å². The fourth-order valence-electron chi connectivity index (χ4n) is 2.99. The molecule has 1 atom stereocenters. The molecule has 0 saturated heterocycles. The number of fused-ring (bicyclic) bond motifs is 1. The molecule has 0 amide bonds. The first kappa shape index (κ1) is 17.0. The molecule has 6 heteroatoms. The fraction of sp³-hybridized carbons (Fsp3) is 0.316. The first-order valence-electron chi connectivity index (χ1n) is 7.79. The Morgan fingerprint density at radius 1 is 0.880 bits per heavy atom. The summed E-state index contributed by atoms with van der Waals surface area (Å²) >= 11 is 0. The molecule has 1 unspecified atom stereocenters. The zero-order valence-electron chi connectivity index (χ0n) is 14.6. The number of carbonyl (C=O) groups is 1. The number of methoxy groups -OCH3 is 4. The molecule has 1 aliphatic heterocycles. The maximum atomic E-state index is 12.3. The van der Waals surface area contributed by atoms with Gasteiger partial charge >= 0.3 is 5.97 Å². The number of hydrogen-bond acceptors (Lipinski definition) is 6. The second kappa shape index (κ2) is 6.93. The summed E-state index contributed by atoms with van der Waals surface area (Å²) in [4.78, 5) is 12.3. The van der Waals surface area contributed by atoms with Crippen LogP contribution in [0.5, 0.6) is 23.0 Å². The largest absolute Gasteiger partial charge is 0.497 e. The lowest BCUT2D eigenvalue weighted by atomic mass is 9.98. The minimum absolute atomic E-state index is 0.389. The van der Waals surface area contributed by atoms with Gasteiger partial charge in [-0.25, -0.2) is 4.79 Å². The van der Waals surface area contributed by atoms with Crippen molar-refractivity contribution in [1.29, 1.82) is 0 Å². The van der Waals surface area contributed by atoms with Crippen LogP contribution in [-0.4, -0.2) is 34.4 Å². The van der Waals surface area contributed by atoms with Gasteiger partial charge < -0.3 is 23.7 Å². The van der Waals surface area contributed by atoms with E-state index in [1.165, 1.54) is 7.11 Å². The van der Waals surface area contributed by atoms with Gasteiger partial charge in [0.1, 0.15) is 23.2 Å². The third-order valence-electron chi connectivity index (χ3n) is 4.23. The molecular weight excluding hydrogens is 324 g/mol. The van der Waals surface area contributed by atoms with E-state index < -0.39 is 6.10 Å². The van der Waals surface area contributed by atoms with Crippen LogP contribution in [0, 0.1) is 0 Å². The van der Waals surface area contributed by atoms with Gasteiger partial charge in [0.25, 0.3) is 0 Å². The summed E-state index contributed by atoms with van der Waals surface area (Å²) in [7, 11) is 6.26. The lowest BCUT2D eigenvalue weighted by Gasteiger charge is -2.14. The highest BCUT2D eigenvalue weighted by molar-refractivity contribution is 5.97. The third-order valence-corrected chi connectivity index (χ3v) is 4.23. The van der Waals surface area contributed by atoms with Gasteiger partial charge in [-0.3, -0.25) is 0 Å².